The highest BCUT2D eigenvalue weighted by Crippen LogP contribution is 2.23. The van der Waals surface area contributed by atoms with Crippen LogP contribution in [0.15, 0.2) is 58.2 Å². The minimum absolute atomic E-state index is 0.507. The summed E-state index contributed by atoms with van der Waals surface area (Å²) in [5.74, 6) is 1.74. The normalized spacial score (nSPS) is 11.0. The Bertz CT molecular complexity index is 1020. The molecule has 0 bridgehead atoms. The predicted molar refractivity (Wildman–Crippen MR) is 102 cm³/mol. The highest BCUT2D eigenvalue weighted by molar-refractivity contribution is 7.98. The summed E-state index contributed by atoms with van der Waals surface area (Å²) < 4.78 is 7.09. The third kappa shape index (κ3) is 4.22. The van der Waals surface area contributed by atoms with Gasteiger partial charge in [-0.25, -0.2) is 0 Å². The SMILES string of the molecule is Cc1cc(C)cc(-n2nnnc2SCc2nc(Cc3ccccc3)no2)c1. The molecule has 4 aromatic rings. The summed E-state index contributed by atoms with van der Waals surface area (Å²) in [6.07, 6.45) is 0.648. The van der Waals surface area contributed by atoms with Gasteiger partial charge in [-0.05, 0) is 53.1 Å². The van der Waals surface area contributed by atoms with Crippen LogP contribution in [0, 0.1) is 13.8 Å². The number of thioether (sulfide) groups is 1. The molecule has 0 N–H and O–H groups in total. The molecule has 136 valence electrons. The van der Waals surface area contributed by atoms with E-state index in [2.05, 4.69) is 57.7 Å². The number of hydrogen-bond donors (Lipinski definition) is 0. The Kier molecular flexibility index (Phi) is 4.97. The second kappa shape index (κ2) is 7.71. The highest BCUT2D eigenvalue weighted by atomic mass is 32.2. The Morgan fingerprint density at radius 3 is 2.59 bits per heavy atom. The molecule has 0 aliphatic rings. The van der Waals surface area contributed by atoms with Crippen molar-refractivity contribution in [3.63, 3.8) is 0 Å². The van der Waals surface area contributed by atoms with Gasteiger partial charge in [0.1, 0.15) is 0 Å². The number of tetrazole rings is 1. The molecule has 0 spiro atoms. The summed E-state index contributed by atoms with van der Waals surface area (Å²) in [5.41, 5.74) is 4.42. The maximum atomic E-state index is 5.36. The van der Waals surface area contributed by atoms with Gasteiger partial charge in [-0.1, -0.05) is 53.3 Å². The summed E-state index contributed by atoms with van der Waals surface area (Å²) in [6.45, 7) is 4.11. The number of rotatable bonds is 6. The Labute approximate surface area is 160 Å². The zero-order valence-corrected chi connectivity index (χ0v) is 15.8. The van der Waals surface area contributed by atoms with Gasteiger partial charge < -0.3 is 4.52 Å². The summed E-state index contributed by atoms with van der Waals surface area (Å²) in [7, 11) is 0. The van der Waals surface area contributed by atoms with Crippen LogP contribution in [0.25, 0.3) is 5.69 Å². The number of aryl methyl sites for hydroxylation is 2. The smallest absolute Gasteiger partial charge is 0.237 e. The standard InChI is InChI=1S/C19H18N6OS/c1-13-8-14(2)10-16(9-13)25-19(21-23-24-25)27-12-18-20-17(22-26-18)11-15-6-4-3-5-7-15/h3-10H,11-12H2,1-2H3. The van der Waals surface area contributed by atoms with Gasteiger partial charge in [0.2, 0.25) is 11.0 Å². The molecule has 0 unspecified atom stereocenters. The van der Waals surface area contributed by atoms with Crippen LogP contribution >= 0.6 is 11.8 Å². The third-order valence-electron chi connectivity index (χ3n) is 3.93. The molecule has 0 aliphatic carbocycles. The van der Waals surface area contributed by atoms with Crippen molar-refractivity contribution in [3.05, 3.63) is 76.9 Å². The number of aromatic nitrogens is 6. The third-order valence-corrected chi connectivity index (χ3v) is 4.84. The summed E-state index contributed by atoms with van der Waals surface area (Å²) >= 11 is 1.46. The molecule has 0 saturated heterocycles. The molecule has 7 nitrogen and oxygen atoms in total. The van der Waals surface area contributed by atoms with Crippen molar-refractivity contribution in [2.24, 2.45) is 0 Å². The van der Waals surface area contributed by atoms with Crippen molar-refractivity contribution in [3.8, 4) is 5.69 Å². The highest BCUT2D eigenvalue weighted by Gasteiger charge is 2.13. The van der Waals surface area contributed by atoms with E-state index < -0.39 is 0 Å². The van der Waals surface area contributed by atoms with Crippen molar-refractivity contribution in [2.45, 2.75) is 31.2 Å². The lowest BCUT2D eigenvalue weighted by molar-refractivity contribution is 0.385. The van der Waals surface area contributed by atoms with E-state index in [0.29, 0.717) is 29.0 Å². The van der Waals surface area contributed by atoms with Gasteiger partial charge in [0, 0.05) is 6.42 Å². The molecular weight excluding hydrogens is 360 g/mol. The van der Waals surface area contributed by atoms with Gasteiger partial charge in [0.05, 0.1) is 11.4 Å². The first-order chi connectivity index (χ1) is 13.2. The van der Waals surface area contributed by atoms with E-state index >= 15 is 0 Å². The Morgan fingerprint density at radius 2 is 1.81 bits per heavy atom. The molecule has 0 fully saturated rings. The van der Waals surface area contributed by atoms with E-state index in [-0.39, 0.29) is 0 Å². The fourth-order valence-electron chi connectivity index (χ4n) is 2.83. The van der Waals surface area contributed by atoms with E-state index in [4.69, 9.17) is 4.52 Å². The second-order valence-corrected chi connectivity index (χ2v) is 7.22. The monoisotopic (exact) mass is 378 g/mol. The van der Waals surface area contributed by atoms with E-state index in [1.54, 1.807) is 4.68 Å². The predicted octanol–water partition coefficient (Wildman–Crippen LogP) is 3.55. The topological polar surface area (TPSA) is 82.5 Å². The first-order valence-corrected chi connectivity index (χ1v) is 9.51. The van der Waals surface area contributed by atoms with E-state index in [0.717, 1.165) is 11.3 Å². The fourth-order valence-corrected chi connectivity index (χ4v) is 3.56. The lowest BCUT2D eigenvalue weighted by atomic mass is 10.1. The van der Waals surface area contributed by atoms with Crippen LogP contribution in [0.5, 0.6) is 0 Å². The molecule has 2 aromatic carbocycles. The first kappa shape index (κ1) is 17.4. The maximum absolute atomic E-state index is 5.36. The van der Waals surface area contributed by atoms with Crippen LogP contribution in [0.2, 0.25) is 0 Å². The van der Waals surface area contributed by atoms with E-state index in [1.165, 1.54) is 22.9 Å². The summed E-state index contributed by atoms with van der Waals surface area (Å²) in [4.78, 5) is 4.46. The zero-order chi connectivity index (χ0) is 18.6. The largest absolute Gasteiger partial charge is 0.338 e. The van der Waals surface area contributed by atoms with Gasteiger partial charge in [0.15, 0.2) is 5.82 Å². The Balaban J connectivity index is 1.45. The van der Waals surface area contributed by atoms with Crippen LogP contribution in [0.1, 0.15) is 28.4 Å². The van der Waals surface area contributed by atoms with Crippen LogP contribution in [-0.2, 0) is 12.2 Å². The molecular formula is C19H18N6OS. The molecule has 2 aromatic heterocycles. The fraction of sp³-hybridized carbons (Fsp3) is 0.211. The number of benzene rings is 2. The molecule has 4 rings (SSSR count). The number of nitrogens with zero attached hydrogens (tertiary/aromatic N) is 6. The van der Waals surface area contributed by atoms with Gasteiger partial charge in [-0.2, -0.15) is 9.67 Å². The molecule has 0 aliphatic heterocycles. The molecule has 0 saturated carbocycles. The van der Waals surface area contributed by atoms with Crippen molar-refractivity contribution >= 4 is 11.8 Å². The molecule has 0 radical (unpaired) electrons. The van der Waals surface area contributed by atoms with Gasteiger partial charge in [-0.15, -0.1) is 5.10 Å². The van der Waals surface area contributed by atoms with Crippen molar-refractivity contribution in [2.75, 3.05) is 0 Å². The maximum Gasteiger partial charge on any atom is 0.237 e. The minimum Gasteiger partial charge on any atom is -0.338 e. The zero-order valence-electron chi connectivity index (χ0n) is 15.0. The van der Waals surface area contributed by atoms with Crippen LogP contribution in [-0.4, -0.2) is 30.3 Å². The van der Waals surface area contributed by atoms with Gasteiger partial charge in [-0.3, -0.25) is 0 Å². The van der Waals surface area contributed by atoms with Gasteiger partial charge >= 0.3 is 0 Å². The molecule has 27 heavy (non-hydrogen) atoms. The van der Waals surface area contributed by atoms with Crippen LogP contribution in [0.4, 0.5) is 0 Å². The van der Waals surface area contributed by atoms with Gasteiger partial charge in [0.25, 0.3) is 0 Å². The van der Waals surface area contributed by atoms with Crippen molar-refractivity contribution in [1.82, 2.24) is 30.3 Å². The summed E-state index contributed by atoms with van der Waals surface area (Å²) in [5, 5.41) is 16.8. The molecule has 0 amide bonds. The van der Waals surface area contributed by atoms with Crippen LogP contribution in [0.3, 0.4) is 0 Å². The van der Waals surface area contributed by atoms with E-state index in [9.17, 15) is 0 Å². The van der Waals surface area contributed by atoms with E-state index in [1.807, 2.05) is 30.3 Å². The quantitative estimate of drug-likeness (QED) is 0.475. The molecule has 2 heterocycles. The Hall–Kier alpha value is -3.00. The molecule has 0 atom stereocenters. The lowest BCUT2D eigenvalue weighted by Crippen LogP contribution is -2.00. The molecule has 8 heteroatoms. The lowest BCUT2D eigenvalue weighted by Gasteiger charge is -2.06. The first-order valence-electron chi connectivity index (χ1n) is 8.52. The second-order valence-electron chi connectivity index (χ2n) is 6.27. The van der Waals surface area contributed by atoms with Crippen LogP contribution < -0.4 is 0 Å². The average molecular weight is 378 g/mol. The average Bonchev–Trinajstić information content (AvgIpc) is 3.29. The van der Waals surface area contributed by atoms with Crippen molar-refractivity contribution < 1.29 is 4.52 Å². The summed E-state index contributed by atoms with van der Waals surface area (Å²) in [6, 6.07) is 16.3. The Morgan fingerprint density at radius 1 is 1.04 bits per heavy atom. The minimum atomic E-state index is 0.507. The number of hydrogen-bond acceptors (Lipinski definition) is 7. The van der Waals surface area contributed by atoms with Crippen molar-refractivity contribution in [1.29, 1.82) is 0 Å².